The molecule has 0 heterocycles. The van der Waals surface area contributed by atoms with Gasteiger partial charge in [0.1, 0.15) is 0 Å². The van der Waals surface area contributed by atoms with Gasteiger partial charge in [-0.1, -0.05) is 0 Å². The summed E-state index contributed by atoms with van der Waals surface area (Å²) in [7, 11) is 0. The maximum Gasteiger partial charge on any atom is 2.00 e. The SMILES string of the molecule is [Ni+2].c1cc[cH-]c1.c1cc[cH-]c1. The largest absolute Gasteiger partial charge is 2.00 e. The summed E-state index contributed by atoms with van der Waals surface area (Å²) in [6, 6.07) is 20.0. The van der Waals surface area contributed by atoms with Crippen LogP contribution in [-0.4, -0.2) is 0 Å². The maximum atomic E-state index is 2.00. The average molecular weight is 189 g/mol. The van der Waals surface area contributed by atoms with E-state index >= 15 is 0 Å². The van der Waals surface area contributed by atoms with Crippen molar-refractivity contribution in [2.75, 3.05) is 0 Å². The van der Waals surface area contributed by atoms with E-state index in [9.17, 15) is 0 Å². The Hall–Kier alpha value is -0.806. The van der Waals surface area contributed by atoms with Crippen LogP contribution in [0.2, 0.25) is 0 Å². The van der Waals surface area contributed by atoms with Gasteiger partial charge < -0.3 is 0 Å². The smallest absolute Gasteiger partial charge is 0.214 e. The molecule has 2 rings (SSSR count). The Morgan fingerprint density at radius 3 is 0.909 bits per heavy atom. The van der Waals surface area contributed by atoms with Crippen LogP contribution in [0, 0.1) is 0 Å². The Morgan fingerprint density at radius 2 is 0.818 bits per heavy atom. The van der Waals surface area contributed by atoms with Gasteiger partial charge in [-0.25, -0.2) is 24.3 Å². The second kappa shape index (κ2) is 7.30. The van der Waals surface area contributed by atoms with E-state index < -0.39 is 0 Å². The molecular formula is C10H10Ni. The van der Waals surface area contributed by atoms with Gasteiger partial charge in [0.05, 0.1) is 0 Å². The minimum absolute atomic E-state index is 0. The van der Waals surface area contributed by atoms with Crippen LogP contribution in [-0.2, 0) is 16.5 Å². The van der Waals surface area contributed by atoms with Crippen molar-refractivity contribution >= 4 is 0 Å². The van der Waals surface area contributed by atoms with E-state index in [1.807, 2.05) is 60.7 Å². The maximum absolute atomic E-state index is 2.00. The van der Waals surface area contributed by atoms with Crippen molar-refractivity contribution in [1.29, 1.82) is 0 Å². The van der Waals surface area contributed by atoms with E-state index in [4.69, 9.17) is 0 Å². The van der Waals surface area contributed by atoms with Gasteiger partial charge >= 0.3 is 16.5 Å². The fraction of sp³-hybridized carbons (Fsp3) is 0. The Balaban J connectivity index is 0.000000167. The second-order valence-electron chi connectivity index (χ2n) is 1.92. The fourth-order valence-electron chi connectivity index (χ4n) is 0.642. The van der Waals surface area contributed by atoms with Crippen molar-refractivity contribution in [3.05, 3.63) is 60.7 Å². The molecule has 0 nitrogen and oxygen atoms in total. The molecule has 0 aliphatic rings. The monoisotopic (exact) mass is 188 g/mol. The van der Waals surface area contributed by atoms with Crippen molar-refractivity contribution < 1.29 is 16.5 Å². The van der Waals surface area contributed by atoms with Crippen molar-refractivity contribution in [1.82, 2.24) is 0 Å². The first-order chi connectivity index (χ1) is 5.00. The van der Waals surface area contributed by atoms with Gasteiger partial charge in [-0.05, 0) is 0 Å². The van der Waals surface area contributed by atoms with Crippen LogP contribution in [0.5, 0.6) is 0 Å². The Kier molecular flexibility index (Phi) is 6.77. The molecule has 0 aliphatic heterocycles. The molecule has 0 saturated heterocycles. The van der Waals surface area contributed by atoms with Crippen LogP contribution in [0.1, 0.15) is 0 Å². The molecule has 2 aromatic carbocycles. The first-order valence-corrected chi connectivity index (χ1v) is 3.33. The molecule has 0 N–H and O–H groups in total. The van der Waals surface area contributed by atoms with Gasteiger partial charge in [-0.2, -0.15) is 36.4 Å². The third-order valence-electron chi connectivity index (χ3n) is 1.11. The molecule has 2 aromatic rings. The predicted octanol–water partition coefficient (Wildman–Crippen LogP) is 2.81. The molecule has 0 unspecified atom stereocenters. The predicted molar refractivity (Wildman–Crippen MR) is 44.1 cm³/mol. The molecule has 0 radical (unpaired) electrons. The van der Waals surface area contributed by atoms with Crippen molar-refractivity contribution in [2.45, 2.75) is 0 Å². The van der Waals surface area contributed by atoms with E-state index in [1.165, 1.54) is 0 Å². The fourth-order valence-corrected chi connectivity index (χ4v) is 0.642. The quantitative estimate of drug-likeness (QED) is 0.441. The van der Waals surface area contributed by atoms with Crippen LogP contribution < -0.4 is 0 Å². The van der Waals surface area contributed by atoms with Gasteiger partial charge in [0.15, 0.2) is 0 Å². The van der Waals surface area contributed by atoms with Crippen LogP contribution in [0.15, 0.2) is 60.7 Å². The number of rotatable bonds is 0. The summed E-state index contributed by atoms with van der Waals surface area (Å²) in [4.78, 5) is 0. The van der Waals surface area contributed by atoms with Crippen LogP contribution in [0.4, 0.5) is 0 Å². The summed E-state index contributed by atoms with van der Waals surface area (Å²) in [6.45, 7) is 0. The topological polar surface area (TPSA) is 0 Å². The molecule has 1 heteroatoms. The van der Waals surface area contributed by atoms with E-state index in [2.05, 4.69) is 0 Å². The molecule has 0 atom stereocenters. The minimum atomic E-state index is 0. The molecular weight excluding hydrogens is 179 g/mol. The van der Waals surface area contributed by atoms with Crippen LogP contribution in [0.3, 0.4) is 0 Å². The number of hydrogen-bond donors (Lipinski definition) is 0. The average Bonchev–Trinajstić information content (AvgIpc) is 2.67. The van der Waals surface area contributed by atoms with Gasteiger partial charge in [-0.3, -0.25) is 0 Å². The van der Waals surface area contributed by atoms with Crippen LogP contribution >= 0.6 is 0 Å². The first kappa shape index (κ1) is 10.2. The first-order valence-electron chi connectivity index (χ1n) is 3.33. The molecule has 0 aliphatic carbocycles. The Morgan fingerprint density at radius 1 is 0.545 bits per heavy atom. The molecule has 0 fully saturated rings. The Labute approximate surface area is 77.5 Å². The number of hydrogen-bond acceptors (Lipinski definition) is 0. The van der Waals surface area contributed by atoms with Crippen molar-refractivity contribution in [3.8, 4) is 0 Å². The molecule has 11 heavy (non-hydrogen) atoms. The van der Waals surface area contributed by atoms with Gasteiger partial charge in [0.2, 0.25) is 0 Å². The van der Waals surface area contributed by atoms with Crippen molar-refractivity contribution in [3.63, 3.8) is 0 Å². The normalized spacial score (nSPS) is 7.27. The van der Waals surface area contributed by atoms with Gasteiger partial charge in [-0.15, -0.1) is 0 Å². The summed E-state index contributed by atoms with van der Waals surface area (Å²) >= 11 is 0. The molecule has 0 amide bonds. The van der Waals surface area contributed by atoms with E-state index in [1.54, 1.807) is 0 Å². The molecule has 0 bridgehead atoms. The van der Waals surface area contributed by atoms with E-state index in [0.29, 0.717) is 0 Å². The summed E-state index contributed by atoms with van der Waals surface area (Å²) < 4.78 is 0. The molecule has 0 aromatic heterocycles. The zero-order valence-electron chi connectivity index (χ0n) is 6.09. The zero-order valence-corrected chi connectivity index (χ0v) is 7.08. The summed E-state index contributed by atoms with van der Waals surface area (Å²) in [6.07, 6.45) is 0. The third kappa shape index (κ3) is 5.63. The second-order valence-corrected chi connectivity index (χ2v) is 1.92. The molecule has 60 valence electrons. The summed E-state index contributed by atoms with van der Waals surface area (Å²) in [5, 5.41) is 0. The van der Waals surface area contributed by atoms with Gasteiger partial charge in [0.25, 0.3) is 0 Å². The third-order valence-corrected chi connectivity index (χ3v) is 1.11. The van der Waals surface area contributed by atoms with Crippen LogP contribution in [0.25, 0.3) is 0 Å². The molecule has 0 saturated carbocycles. The standard InChI is InChI=1S/2C5H5.Ni/c2*1-2-4-5-3-1;/h2*1-5H;/q2*-1;+2. The molecule has 0 spiro atoms. The zero-order chi connectivity index (χ0) is 7.07. The van der Waals surface area contributed by atoms with E-state index in [0.717, 1.165) is 0 Å². The van der Waals surface area contributed by atoms with Gasteiger partial charge in [0, 0.05) is 0 Å². The summed E-state index contributed by atoms with van der Waals surface area (Å²) in [5.74, 6) is 0. The summed E-state index contributed by atoms with van der Waals surface area (Å²) in [5.41, 5.74) is 0. The van der Waals surface area contributed by atoms with E-state index in [-0.39, 0.29) is 16.5 Å². The minimum Gasteiger partial charge on any atom is -0.214 e. The Bertz CT molecular complexity index is 144. The van der Waals surface area contributed by atoms with Crippen molar-refractivity contribution in [2.24, 2.45) is 0 Å².